The number of allylic oxidation sites excluding steroid dienone is 4. The van der Waals surface area contributed by atoms with Gasteiger partial charge in [-0.2, -0.15) is 18.2 Å². The van der Waals surface area contributed by atoms with Crippen LogP contribution in [0.15, 0.2) is 79.3 Å². The number of aromatic nitrogens is 2. The van der Waals surface area contributed by atoms with Crippen molar-refractivity contribution in [3.05, 3.63) is 84.9 Å². The minimum atomic E-state index is -4.69. The van der Waals surface area contributed by atoms with E-state index in [2.05, 4.69) is 55.8 Å². The fourth-order valence-electron chi connectivity index (χ4n) is 3.77. The number of hydrogen-bond acceptors (Lipinski definition) is 7. The van der Waals surface area contributed by atoms with Crippen LogP contribution < -0.4 is 16.0 Å². The lowest BCUT2D eigenvalue weighted by atomic mass is 10.2. The first-order valence-electron chi connectivity index (χ1n) is 12.1. The Kier molecular flexibility index (Phi) is 9.66. The van der Waals surface area contributed by atoms with Crippen molar-refractivity contribution in [3.8, 4) is 0 Å². The van der Waals surface area contributed by atoms with E-state index >= 15 is 0 Å². The molecule has 1 fully saturated rings. The molecule has 11 heteroatoms. The summed E-state index contributed by atoms with van der Waals surface area (Å²) in [5.41, 5.74) is 1.24. The third-order valence-electron chi connectivity index (χ3n) is 5.97. The van der Waals surface area contributed by atoms with E-state index < -0.39 is 23.5 Å². The lowest BCUT2D eigenvalue weighted by Gasteiger charge is -2.35. The van der Waals surface area contributed by atoms with Crippen molar-refractivity contribution in [3.63, 3.8) is 0 Å². The maximum absolute atomic E-state index is 13.7. The Morgan fingerprint density at radius 2 is 1.79 bits per heavy atom. The standard InChI is InChI=1S/C27H32F3N7O/c1-5-20(12-11-19(4)37-15-13-36(7-3)14-16-37)34-26-31-18-23(27(28,29)30)25(35-26)33-22-10-8-9-21(17-22)32-24(38)6-2/h5-6,8-12,17-18H,1-2,7,13-16H2,3-4H3,(H,32,38)(H2,31,33,34,35)/b19-11+,20-12+. The van der Waals surface area contributed by atoms with Crippen LogP contribution in [0.3, 0.4) is 0 Å². The fraction of sp³-hybridized carbons (Fsp3) is 0.296. The van der Waals surface area contributed by atoms with Crippen molar-refractivity contribution in [1.29, 1.82) is 0 Å². The molecule has 0 aliphatic carbocycles. The summed E-state index contributed by atoms with van der Waals surface area (Å²) in [7, 11) is 0. The van der Waals surface area contributed by atoms with Gasteiger partial charge in [0, 0.05) is 55.1 Å². The Morgan fingerprint density at radius 3 is 2.42 bits per heavy atom. The molecule has 1 saturated heterocycles. The Morgan fingerprint density at radius 1 is 1.08 bits per heavy atom. The number of alkyl halides is 3. The number of carbonyl (C=O) groups excluding carboxylic acids is 1. The average Bonchev–Trinajstić information content (AvgIpc) is 2.90. The molecule has 1 aliphatic heterocycles. The number of anilines is 4. The first kappa shape index (κ1) is 28.5. The van der Waals surface area contributed by atoms with Crippen LogP contribution in [0.4, 0.5) is 36.3 Å². The van der Waals surface area contributed by atoms with Crippen molar-refractivity contribution in [2.24, 2.45) is 0 Å². The number of rotatable bonds is 10. The third-order valence-corrected chi connectivity index (χ3v) is 5.97. The van der Waals surface area contributed by atoms with Crippen molar-refractivity contribution >= 4 is 29.0 Å². The lowest BCUT2D eigenvalue weighted by Crippen LogP contribution is -2.45. The van der Waals surface area contributed by atoms with E-state index in [1.807, 2.05) is 13.0 Å². The van der Waals surface area contributed by atoms with Gasteiger partial charge in [-0.25, -0.2) is 4.98 Å². The van der Waals surface area contributed by atoms with Gasteiger partial charge in [0.15, 0.2) is 0 Å². The second-order valence-electron chi connectivity index (χ2n) is 8.53. The highest BCUT2D eigenvalue weighted by Crippen LogP contribution is 2.35. The average molecular weight is 528 g/mol. The molecule has 0 bridgehead atoms. The number of nitrogens with one attached hydrogen (secondary N) is 3. The number of nitrogens with zero attached hydrogens (tertiary/aromatic N) is 4. The monoisotopic (exact) mass is 527 g/mol. The summed E-state index contributed by atoms with van der Waals surface area (Å²) < 4.78 is 41.1. The summed E-state index contributed by atoms with van der Waals surface area (Å²) >= 11 is 0. The molecular formula is C27H32F3N7O. The highest BCUT2D eigenvalue weighted by atomic mass is 19.4. The molecule has 0 atom stereocenters. The SMILES string of the molecule is C=CC(=O)Nc1cccc(Nc2nc(N/C(C=C)=C/C=C(\C)N3CCN(CC)CC3)ncc2C(F)(F)F)c1. The molecule has 2 heterocycles. The van der Waals surface area contributed by atoms with Gasteiger partial charge in [0.2, 0.25) is 11.9 Å². The van der Waals surface area contributed by atoms with Gasteiger partial charge in [0.1, 0.15) is 11.4 Å². The highest BCUT2D eigenvalue weighted by molar-refractivity contribution is 5.99. The Labute approximate surface area is 220 Å². The van der Waals surface area contributed by atoms with Crippen LogP contribution in [-0.4, -0.2) is 58.4 Å². The number of carbonyl (C=O) groups is 1. The van der Waals surface area contributed by atoms with E-state index in [4.69, 9.17) is 0 Å². The smallest absolute Gasteiger partial charge is 0.372 e. The summed E-state index contributed by atoms with van der Waals surface area (Å²) in [5, 5.41) is 8.18. The van der Waals surface area contributed by atoms with Crippen LogP contribution in [0, 0.1) is 0 Å². The van der Waals surface area contributed by atoms with E-state index in [0.717, 1.165) is 50.7 Å². The molecule has 3 rings (SSSR count). The first-order valence-corrected chi connectivity index (χ1v) is 12.1. The zero-order chi connectivity index (χ0) is 27.7. The lowest BCUT2D eigenvalue weighted by molar-refractivity contribution is -0.137. The first-order chi connectivity index (χ1) is 18.1. The minimum absolute atomic E-state index is 0.0367. The number of benzene rings is 1. The zero-order valence-corrected chi connectivity index (χ0v) is 21.5. The van der Waals surface area contributed by atoms with E-state index in [1.165, 1.54) is 6.07 Å². The highest BCUT2D eigenvalue weighted by Gasteiger charge is 2.35. The summed E-state index contributed by atoms with van der Waals surface area (Å²) in [6.07, 6.45) is 2.38. The Hall–Kier alpha value is -4.12. The van der Waals surface area contributed by atoms with Crippen molar-refractivity contribution in [2.75, 3.05) is 48.7 Å². The fourth-order valence-corrected chi connectivity index (χ4v) is 3.77. The second-order valence-corrected chi connectivity index (χ2v) is 8.53. The van der Waals surface area contributed by atoms with E-state index in [-0.39, 0.29) is 5.95 Å². The molecule has 0 saturated carbocycles. The number of hydrogen-bond donors (Lipinski definition) is 3. The van der Waals surface area contributed by atoms with Crippen molar-refractivity contribution < 1.29 is 18.0 Å². The predicted octanol–water partition coefficient (Wildman–Crippen LogP) is 5.39. The number of piperazine rings is 1. The summed E-state index contributed by atoms with van der Waals surface area (Å²) in [4.78, 5) is 24.2. The Bertz CT molecular complexity index is 1220. The van der Waals surface area contributed by atoms with Crippen LogP contribution in [-0.2, 0) is 11.0 Å². The number of amides is 1. The Balaban J connectivity index is 1.81. The maximum Gasteiger partial charge on any atom is 0.421 e. The normalized spacial score (nSPS) is 15.1. The molecule has 1 aromatic carbocycles. The predicted molar refractivity (Wildman–Crippen MR) is 145 cm³/mol. The maximum atomic E-state index is 13.7. The van der Waals surface area contributed by atoms with Gasteiger partial charge in [-0.15, -0.1) is 0 Å². The third kappa shape index (κ3) is 7.94. The van der Waals surface area contributed by atoms with Crippen molar-refractivity contribution in [2.45, 2.75) is 20.0 Å². The molecule has 1 aromatic heterocycles. The zero-order valence-electron chi connectivity index (χ0n) is 21.5. The van der Waals surface area contributed by atoms with Crippen LogP contribution in [0.5, 0.6) is 0 Å². The number of likely N-dealkylation sites (N-methyl/N-ethyl adjacent to an activating group) is 1. The van der Waals surface area contributed by atoms with E-state index in [1.54, 1.807) is 30.4 Å². The molecule has 8 nitrogen and oxygen atoms in total. The second kappa shape index (κ2) is 12.9. The van der Waals surface area contributed by atoms with Crippen LogP contribution in [0.25, 0.3) is 0 Å². The molecule has 1 amide bonds. The number of halogens is 3. The van der Waals surface area contributed by atoms with Gasteiger partial charge in [-0.1, -0.05) is 26.1 Å². The van der Waals surface area contributed by atoms with E-state index in [0.29, 0.717) is 17.1 Å². The van der Waals surface area contributed by atoms with Crippen LogP contribution >= 0.6 is 0 Å². The summed E-state index contributed by atoms with van der Waals surface area (Å²) in [6, 6.07) is 6.23. The quantitative estimate of drug-likeness (QED) is 0.282. The van der Waals surface area contributed by atoms with Gasteiger partial charge in [0.05, 0.1) is 0 Å². The largest absolute Gasteiger partial charge is 0.421 e. The summed E-state index contributed by atoms with van der Waals surface area (Å²) in [6.45, 7) is 16.2. The molecule has 0 spiro atoms. The molecule has 3 N–H and O–H groups in total. The van der Waals surface area contributed by atoms with Crippen molar-refractivity contribution in [1.82, 2.24) is 19.8 Å². The van der Waals surface area contributed by atoms with Gasteiger partial charge in [-0.3, -0.25) is 4.79 Å². The molecule has 202 valence electrons. The topological polar surface area (TPSA) is 85.4 Å². The molecule has 0 radical (unpaired) electrons. The molecule has 1 aliphatic rings. The van der Waals surface area contributed by atoms with Gasteiger partial charge < -0.3 is 25.8 Å². The van der Waals surface area contributed by atoms with E-state index in [9.17, 15) is 18.0 Å². The molecule has 2 aromatic rings. The molecular weight excluding hydrogens is 495 g/mol. The molecule has 0 unspecified atom stereocenters. The van der Waals surface area contributed by atoms with Gasteiger partial charge >= 0.3 is 6.18 Å². The summed E-state index contributed by atoms with van der Waals surface area (Å²) in [5.74, 6) is -0.917. The van der Waals surface area contributed by atoms with Crippen LogP contribution in [0.2, 0.25) is 0 Å². The minimum Gasteiger partial charge on any atom is -0.372 e. The van der Waals surface area contributed by atoms with Gasteiger partial charge in [-0.05, 0) is 56.0 Å². The molecule has 38 heavy (non-hydrogen) atoms. The van der Waals surface area contributed by atoms with Gasteiger partial charge in [0.25, 0.3) is 0 Å². The van der Waals surface area contributed by atoms with Crippen LogP contribution in [0.1, 0.15) is 19.4 Å².